The fourth-order valence-corrected chi connectivity index (χ4v) is 7.99. The molecule has 184 valence electrons. The van der Waals surface area contributed by atoms with Crippen molar-refractivity contribution in [3.63, 3.8) is 0 Å². The van der Waals surface area contributed by atoms with E-state index in [0.29, 0.717) is 29.9 Å². The monoisotopic (exact) mass is 458 g/mol. The third-order valence-corrected chi connectivity index (χ3v) is 9.84. The summed E-state index contributed by atoms with van der Waals surface area (Å²) in [5, 5.41) is 7.03. The number of hydrogen-bond acceptors (Lipinski definition) is 5. The van der Waals surface area contributed by atoms with Crippen molar-refractivity contribution < 1.29 is 19.1 Å². The van der Waals surface area contributed by atoms with Gasteiger partial charge >= 0.3 is 6.09 Å². The zero-order valence-electron chi connectivity index (χ0n) is 20.7. The second kappa shape index (κ2) is 9.33. The molecule has 0 aromatic rings. The highest BCUT2D eigenvalue weighted by Gasteiger charge is 2.58. The Morgan fingerprint density at radius 1 is 1.15 bits per heavy atom. The van der Waals surface area contributed by atoms with Crippen LogP contribution in [0, 0.1) is 28.6 Å². The van der Waals surface area contributed by atoms with Gasteiger partial charge in [0.1, 0.15) is 0 Å². The van der Waals surface area contributed by atoms with Crippen LogP contribution in [0.25, 0.3) is 0 Å². The van der Waals surface area contributed by atoms with Crippen LogP contribution in [0.1, 0.15) is 91.4 Å². The number of ether oxygens (including phenoxy) is 2. The third kappa shape index (κ3) is 4.27. The van der Waals surface area contributed by atoms with E-state index in [1.54, 1.807) is 5.57 Å². The molecule has 7 atom stereocenters. The maximum absolute atomic E-state index is 11.8. The van der Waals surface area contributed by atoms with Crippen LogP contribution in [0.15, 0.2) is 16.8 Å². The number of hydrogen-bond donors (Lipinski definition) is 1. The first-order chi connectivity index (χ1) is 15.9. The summed E-state index contributed by atoms with van der Waals surface area (Å²) in [6.45, 7) is 8.20. The minimum absolute atomic E-state index is 0.0123. The van der Waals surface area contributed by atoms with Gasteiger partial charge in [0.05, 0.1) is 11.8 Å². The number of carbonyl (C=O) groups excluding carboxylic acids is 1. The van der Waals surface area contributed by atoms with Gasteiger partial charge in [0, 0.05) is 18.6 Å². The number of carbonyl (C=O) groups is 1. The Morgan fingerprint density at radius 2 is 1.97 bits per heavy atom. The highest BCUT2D eigenvalue weighted by Crippen LogP contribution is 2.64. The zero-order valence-corrected chi connectivity index (χ0v) is 20.7. The Kier molecular flexibility index (Phi) is 6.60. The van der Waals surface area contributed by atoms with Crippen LogP contribution in [0.5, 0.6) is 0 Å². The standard InChI is InChI=1S/C27H42N2O4/c1-4-28-25(30)33-29-23-11-10-21-20-9-8-18-17-19(32-24-7-5-6-16-31-24)12-14-26(18,2)22(20)13-15-27(21,23)3/h8,19-22,24H,4-7,9-17H2,1-3H3,(H,28,30)/b29-23+/t19-,20+,21+,22+,24-,26+,27+/m1/s1. The Balaban J connectivity index is 1.28. The zero-order chi connectivity index (χ0) is 23.1. The Hall–Kier alpha value is -1.40. The summed E-state index contributed by atoms with van der Waals surface area (Å²) in [7, 11) is 0. The molecular weight excluding hydrogens is 416 g/mol. The van der Waals surface area contributed by atoms with Crippen molar-refractivity contribution in [1.82, 2.24) is 5.32 Å². The molecule has 5 aliphatic rings. The largest absolute Gasteiger partial charge is 0.433 e. The Labute approximate surface area is 198 Å². The van der Waals surface area contributed by atoms with Crippen LogP contribution >= 0.6 is 0 Å². The fraction of sp³-hybridized carbons (Fsp3) is 0.852. The summed E-state index contributed by atoms with van der Waals surface area (Å²) in [6, 6.07) is 0. The predicted octanol–water partition coefficient (Wildman–Crippen LogP) is 5.96. The Morgan fingerprint density at radius 3 is 2.76 bits per heavy atom. The van der Waals surface area contributed by atoms with E-state index in [1.165, 1.54) is 38.5 Å². The normalized spacial score (nSPS) is 43.8. The lowest BCUT2D eigenvalue weighted by atomic mass is 9.48. The van der Waals surface area contributed by atoms with Crippen molar-refractivity contribution in [1.29, 1.82) is 0 Å². The summed E-state index contributed by atoms with van der Waals surface area (Å²) in [6.07, 6.45) is 15.0. The number of oxime groups is 1. The van der Waals surface area contributed by atoms with E-state index in [9.17, 15) is 4.79 Å². The van der Waals surface area contributed by atoms with E-state index in [0.717, 1.165) is 50.3 Å². The summed E-state index contributed by atoms with van der Waals surface area (Å²) in [5.41, 5.74) is 3.11. The molecule has 0 radical (unpaired) electrons. The van der Waals surface area contributed by atoms with E-state index < -0.39 is 6.09 Å². The van der Waals surface area contributed by atoms with Gasteiger partial charge < -0.3 is 14.8 Å². The molecule has 0 spiro atoms. The maximum atomic E-state index is 11.8. The molecule has 1 heterocycles. The molecule has 6 heteroatoms. The second-order valence-electron chi connectivity index (χ2n) is 11.5. The van der Waals surface area contributed by atoms with Crippen molar-refractivity contribution in [3.8, 4) is 0 Å². The van der Waals surface area contributed by atoms with Crippen LogP contribution < -0.4 is 5.32 Å². The molecule has 33 heavy (non-hydrogen) atoms. The molecule has 1 N–H and O–H groups in total. The van der Waals surface area contributed by atoms with E-state index >= 15 is 0 Å². The molecule has 4 aliphatic carbocycles. The van der Waals surface area contributed by atoms with Crippen molar-refractivity contribution in [2.75, 3.05) is 13.2 Å². The van der Waals surface area contributed by atoms with Gasteiger partial charge in [0.15, 0.2) is 6.29 Å². The molecule has 1 saturated heterocycles. The summed E-state index contributed by atoms with van der Waals surface area (Å²) in [5.74, 6) is 2.08. The van der Waals surface area contributed by atoms with Gasteiger partial charge in [-0.15, -0.1) is 0 Å². The highest BCUT2D eigenvalue weighted by atomic mass is 16.7. The molecule has 6 nitrogen and oxygen atoms in total. The van der Waals surface area contributed by atoms with Crippen LogP contribution in [-0.2, 0) is 14.3 Å². The van der Waals surface area contributed by atoms with Gasteiger partial charge in [-0.2, -0.15) is 0 Å². The third-order valence-electron chi connectivity index (χ3n) is 9.84. The molecule has 0 unspecified atom stereocenters. The van der Waals surface area contributed by atoms with Crippen LogP contribution in [0.3, 0.4) is 0 Å². The molecule has 3 saturated carbocycles. The van der Waals surface area contributed by atoms with Gasteiger partial charge in [-0.3, -0.25) is 4.84 Å². The SMILES string of the molecule is CCNC(=O)O/N=C1\CC[C@H]2[C@@H]3CC=C4C[C@H](O[C@@H]5CCCCO5)CC[C@]4(C)[C@H]3CC[C@]12C. The van der Waals surface area contributed by atoms with Crippen molar-refractivity contribution in [3.05, 3.63) is 11.6 Å². The molecule has 0 aromatic carbocycles. The summed E-state index contributed by atoms with van der Waals surface area (Å²) in [4.78, 5) is 17.0. The average molecular weight is 459 g/mol. The number of amides is 1. The molecule has 1 aliphatic heterocycles. The van der Waals surface area contributed by atoms with Crippen LogP contribution in [0.2, 0.25) is 0 Å². The number of rotatable bonds is 4. The lowest BCUT2D eigenvalue weighted by Crippen LogP contribution is -2.50. The maximum Gasteiger partial charge on any atom is 0.433 e. The van der Waals surface area contributed by atoms with Gasteiger partial charge in [0.25, 0.3) is 0 Å². The molecule has 4 fully saturated rings. The molecular formula is C27H42N2O4. The Bertz CT molecular complexity index is 804. The minimum atomic E-state index is -0.443. The van der Waals surface area contributed by atoms with Crippen molar-refractivity contribution in [2.45, 2.75) is 104 Å². The molecule has 5 rings (SSSR count). The number of allylic oxidation sites excluding steroid dienone is 1. The van der Waals surface area contributed by atoms with Crippen molar-refractivity contribution >= 4 is 11.8 Å². The van der Waals surface area contributed by atoms with Crippen molar-refractivity contribution in [2.24, 2.45) is 33.7 Å². The lowest BCUT2D eigenvalue weighted by Gasteiger charge is -2.57. The molecule has 1 amide bonds. The first-order valence-electron chi connectivity index (χ1n) is 13.4. The summed E-state index contributed by atoms with van der Waals surface area (Å²) >= 11 is 0. The second-order valence-corrected chi connectivity index (χ2v) is 11.5. The molecule has 0 bridgehead atoms. The van der Waals surface area contributed by atoms with Crippen LogP contribution in [0.4, 0.5) is 4.79 Å². The number of fused-ring (bicyclic) bond motifs is 5. The lowest BCUT2D eigenvalue weighted by molar-refractivity contribution is -0.195. The smallest absolute Gasteiger partial charge is 0.353 e. The highest BCUT2D eigenvalue weighted by molar-refractivity contribution is 5.92. The number of nitrogens with one attached hydrogen (secondary N) is 1. The van der Waals surface area contributed by atoms with Crippen LogP contribution in [-0.4, -0.2) is 37.4 Å². The van der Waals surface area contributed by atoms with E-state index in [-0.39, 0.29) is 11.7 Å². The minimum Gasteiger partial charge on any atom is -0.353 e. The van der Waals surface area contributed by atoms with Gasteiger partial charge in [0.2, 0.25) is 0 Å². The van der Waals surface area contributed by atoms with Gasteiger partial charge in [-0.1, -0.05) is 30.7 Å². The van der Waals surface area contributed by atoms with E-state index in [1.807, 2.05) is 6.92 Å². The van der Waals surface area contributed by atoms with E-state index in [2.05, 4.69) is 30.4 Å². The fourth-order valence-electron chi connectivity index (χ4n) is 7.99. The quantitative estimate of drug-likeness (QED) is 0.320. The first-order valence-corrected chi connectivity index (χ1v) is 13.4. The van der Waals surface area contributed by atoms with Gasteiger partial charge in [-0.05, 0) is 101 Å². The predicted molar refractivity (Wildman–Crippen MR) is 128 cm³/mol. The topological polar surface area (TPSA) is 69.2 Å². The summed E-state index contributed by atoms with van der Waals surface area (Å²) < 4.78 is 12.3. The van der Waals surface area contributed by atoms with E-state index in [4.69, 9.17) is 14.3 Å². The average Bonchev–Trinajstić information content (AvgIpc) is 3.15. The van der Waals surface area contributed by atoms with Gasteiger partial charge in [-0.25, -0.2) is 4.79 Å². The first kappa shape index (κ1) is 23.3. The number of nitrogens with zero attached hydrogens (tertiary/aromatic N) is 1. The molecule has 0 aromatic heterocycles.